The summed E-state index contributed by atoms with van der Waals surface area (Å²) in [5.74, 6) is 0.149. The SMILES string of the molecule is Cc1cc(O)c(-n2nc(C)cc2C)c(Cl)c1. The number of phenols is 1. The van der Waals surface area contributed by atoms with Crippen LogP contribution in [0.2, 0.25) is 5.02 Å². The van der Waals surface area contributed by atoms with E-state index in [0.717, 1.165) is 17.0 Å². The molecule has 4 heteroatoms. The lowest BCUT2D eigenvalue weighted by Gasteiger charge is -2.10. The average Bonchev–Trinajstić information content (AvgIpc) is 2.43. The first kappa shape index (κ1) is 11.0. The summed E-state index contributed by atoms with van der Waals surface area (Å²) in [5.41, 5.74) is 3.30. The van der Waals surface area contributed by atoms with Crippen LogP contribution in [-0.2, 0) is 0 Å². The second-order valence-corrected chi connectivity index (χ2v) is 4.36. The molecule has 2 rings (SSSR count). The van der Waals surface area contributed by atoms with Gasteiger partial charge in [-0.25, -0.2) is 4.68 Å². The van der Waals surface area contributed by atoms with E-state index in [0.29, 0.717) is 10.7 Å². The largest absolute Gasteiger partial charge is 0.506 e. The van der Waals surface area contributed by atoms with Crippen LogP contribution in [0.15, 0.2) is 18.2 Å². The first-order chi connectivity index (χ1) is 7.49. The van der Waals surface area contributed by atoms with E-state index in [-0.39, 0.29) is 5.75 Å². The van der Waals surface area contributed by atoms with Crippen molar-refractivity contribution >= 4 is 11.6 Å². The highest BCUT2D eigenvalue weighted by Gasteiger charge is 2.13. The minimum absolute atomic E-state index is 0.149. The Labute approximate surface area is 99.3 Å². The van der Waals surface area contributed by atoms with Crippen molar-refractivity contribution in [2.75, 3.05) is 0 Å². The Morgan fingerprint density at radius 1 is 1.19 bits per heavy atom. The Bertz CT molecular complexity index is 523. The topological polar surface area (TPSA) is 38.0 Å². The van der Waals surface area contributed by atoms with Gasteiger partial charge in [-0.3, -0.25) is 0 Å². The Morgan fingerprint density at radius 2 is 1.88 bits per heavy atom. The third-order valence-electron chi connectivity index (χ3n) is 2.41. The summed E-state index contributed by atoms with van der Waals surface area (Å²) in [6.45, 7) is 5.72. The van der Waals surface area contributed by atoms with E-state index in [4.69, 9.17) is 11.6 Å². The quantitative estimate of drug-likeness (QED) is 0.826. The fourth-order valence-electron chi connectivity index (χ4n) is 1.78. The van der Waals surface area contributed by atoms with Crippen LogP contribution in [0.5, 0.6) is 5.75 Å². The molecule has 1 aromatic heterocycles. The van der Waals surface area contributed by atoms with Crippen LogP contribution in [0.4, 0.5) is 0 Å². The summed E-state index contributed by atoms with van der Waals surface area (Å²) in [7, 11) is 0. The van der Waals surface area contributed by atoms with Crippen molar-refractivity contribution in [3.63, 3.8) is 0 Å². The predicted octanol–water partition coefficient (Wildman–Crippen LogP) is 3.16. The van der Waals surface area contributed by atoms with Gasteiger partial charge in [0.2, 0.25) is 0 Å². The van der Waals surface area contributed by atoms with Crippen LogP contribution in [0, 0.1) is 20.8 Å². The highest BCUT2D eigenvalue weighted by atomic mass is 35.5. The molecule has 3 nitrogen and oxygen atoms in total. The molecule has 1 N–H and O–H groups in total. The van der Waals surface area contributed by atoms with E-state index in [1.165, 1.54) is 0 Å². The maximum absolute atomic E-state index is 9.91. The zero-order valence-corrected chi connectivity index (χ0v) is 10.2. The zero-order valence-electron chi connectivity index (χ0n) is 9.45. The predicted molar refractivity (Wildman–Crippen MR) is 64.4 cm³/mol. The minimum Gasteiger partial charge on any atom is -0.506 e. The van der Waals surface area contributed by atoms with Gasteiger partial charge in [0, 0.05) is 5.69 Å². The molecular weight excluding hydrogens is 224 g/mol. The van der Waals surface area contributed by atoms with E-state index in [2.05, 4.69) is 5.10 Å². The zero-order chi connectivity index (χ0) is 11.9. The second kappa shape index (κ2) is 3.83. The summed E-state index contributed by atoms with van der Waals surface area (Å²) in [4.78, 5) is 0. The van der Waals surface area contributed by atoms with E-state index in [1.807, 2.05) is 32.9 Å². The standard InChI is InChI=1S/C12H13ClN2O/c1-7-4-10(13)12(11(16)5-7)15-9(3)6-8(2)14-15/h4-6,16H,1-3H3. The molecule has 0 spiro atoms. The molecule has 0 saturated heterocycles. The molecule has 0 fully saturated rings. The van der Waals surface area contributed by atoms with Crippen LogP contribution < -0.4 is 0 Å². The van der Waals surface area contributed by atoms with Gasteiger partial charge in [0.1, 0.15) is 11.4 Å². The Hall–Kier alpha value is -1.48. The molecule has 2 aromatic rings. The third kappa shape index (κ3) is 1.78. The van der Waals surface area contributed by atoms with Crippen molar-refractivity contribution in [1.29, 1.82) is 0 Å². The maximum atomic E-state index is 9.91. The van der Waals surface area contributed by atoms with Crippen LogP contribution in [0.25, 0.3) is 5.69 Å². The molecular formula is C12H13ClN2O. The highest BCUT2D eigenvalue weighted by molar-refractivity contribution is 6.32. The molecule has 1 aromatic carbocycles. The lowest BCUT2D eigenvalue weighted by molar-refractivity contribution is 0.469. The number of rotatable bonds is 1. The number of aromatic hydroxyl groups is 1. The van der Waals surface area contributed by atoms with Gasteiger partial charge < -0.3 is 5.11 Å². The van der Waals surface area contributed by atoms with Crippen molar-refractivity contribution < 1.29 is 5.11 Å². The molecule has 0 aliphatic carbocycles. The van der Waals surface area contributed by atoms with E-state index >= 15 is 0 Å². The Kier molecular flexibility index (Phi) is 2.64. The van der Waals surface area contributed by atoms with Gasteiger partial charge in [0.15, 0.2) is 0 Å². The summed E-state index contributed by atoms with van der Waals surface area (Å²) < 4.78 is 1.66. The molecule has 0 amide bonds. The average molecular weight is 237 g/mol. The van der Waals surface area contributed by atoms with Crippen LogP contribution in [0.3, 0.4) is 0 Å². The second-order valence-electron chi connectivity index (χ2n) is 3.95. The summed E-state index contributed by atoms with van der Waals surface area (Å²) in [6.07, 6.45) is 0. The van der Waals surface area contributed by atoms with Gasteiger partial charge in [0.05, 0.1) is 10.7 Å². The van der Waals surface area contributed by atoms with E-state index < -0.39 is 0 Å². The number of hydrogen-bond acceptors (Lipinski definition) is 2. The van der Waals surface area contributed by atoms with Gasteiger partial charge in [0.25, 0.3) is 0 Å². The summed E-state index contributed by atoms with van der Waals surface area (Å²) in [6, 6.07) is 5.43. The monoisotopic (exact) mass is 236 g/mol. The number of phenolic OH excluding ortho intramolecular Hbond substituents is 1. The van der Waals surface area contributed by atoms with Gasteiger partial charge in [-0.05, 0) is 44.5 Å². The lowest BCUT2D eigenvalue weighted by atomic mass is 10.2. The smallest absolute Gasteiger partial charge is 0.143 e. The molecule has 0 unspecified atom stereocenters. The van der Waals surface area contributed by atoms with Crippen molar-refractivity contribution in [2.45, 2.75) is 20.8 Å². The first-order valence-corrected chi connectivity index (χ1v) is 5.39. The van der Waals surface area contributed by atoms with Gasteiger partial charge >= 0.3 is 0 Å². The van der Waals surface area contributed by atoms with Crippen LogP contribution in [-0.4, -0.2) is 14.9 Å². The van der Waals surface area contributed by atoms with Crippen LogP contribution in [0.1, 0.15) is 17.0 Å². The maximum Gasteiger partial charge on any atom is 0.143 e. The lowest BCUT2D eigenvalue weighted by Crippen LogP contribution is -2.00. The number of nitrogens with zero attached hydrogens (tertiary/aromatic N) is 2. The van der Waals surface area contributed by atoms with Gasteiger partial charge in [-0.1, -0.05) is 11.6 Å². The molecule has 0 atom stereocenters. The first-order valence-electron chi connectivity index (χ1n) is 5.02. The normalized spacial score (nSPS) is 10.8. The van der Waals surface area contributed by atoms with E-state index in [1.54, 1.807) is 10.7 Å². The summed E-state index contributed by atoms with van der Waals surface area (Å²) >= 11 is 6.13. The molecule has 1 heterocycles. The number of hydrogen-bond donors (Lipinski definition) is 1. The Morgan fingerprint density at radius 3 is 2.38 bits per heavy atom. The van der Waals surface area contributed by atoms with Crippen molar-refractivity contribution in [3.8, 4) is 11.4 Å². The molecule has 84 valence electrons. The fourth-order valence-corrected chi connectivity index (χ4v) is 2.13. The number of benzene rings is 1. The number of aromatic nitrogens is 2. The van der Waals surface area contributed by atoms with E-state index in [9.17, 15) is 5.11 Å². The molecule has 0 bridgehead atoms. The van der Waals surface area contributed by atoms with Crippen molar-refractivity contribution in [1.82, 2.24) is 9.78 Å². The number of halogens is 1. The van der Waals surface area contributed by atoms with Gasteiger partial charge in [-0.15, -0.1) is 0 Å². The number of aryl methyl sites for hydroxylation is 3. The molecule has 16 heavy (non-hydrogen) atoms. The highest BCUT2D eigenvalue weighted by Crippen LogP contribution is 2.31. The molecule has 0 radical (unpaired) electrons. The Balaban J connectivity index is 2.69. The molecule has 0 aliphatic heterocycles. The third-order valence-corrected chi connectivity index (χ3v) is 2.70. The molecule has 0 aliphatic rings. The van der Waals surface area contributed by atoms with Crippen LogP contribution >= 0.6 is 11.6 Å². The minimum atomic E-state index is 0.149. The van der Waals surface area contributed by atoms with Crippen molar-refractivity contribution in [3.05, 3.63) is 40.2 Å². The van der Waals surface area contributed by atoms with Crippen molar-refractivity contribution in [2.24, 2.45) is 0 Å². The summed E-state index contributed by atoms with van der Waals surface area (Å²) in [5, 5.41) is 14.7. The fraction of sp³-hybridized carbons (Fsp3) is 0.250. The molecule has 0 saturated carbocycles. The van der Waals surface area contributed by atoms with Gasteiger partial charge in [-0.2, -0.15) is 5.10 Å².